The fraction of sp³-hybridized carbons (Fsp3) is 0.500. The highest BCUT2D eigenvalue weighted by atomic mass is 16.2. The second-order valence-corrected chi connectivity index (χ2v) is 6.55. The van der Waals surface area contributed by atoms with Gasteiger partial charge in [-0.1, -0.05) is 38.0 Å². The fourth-order valence-electron chi connectivity index (χ4n) is 3.49. The molecule has 1 aromatic carbocycles. The maximum absolute atomic E-state index is 12.4. The number of carbonyl (C=O) groups is 3. The lowest BCUT2D eigenvalue weighted by atomic mass is 9.86. The van der Waals surface area contributed by atoms with Gasteiger partial charge in [0, 0.05) is 11.6 Å². The Labute approximate surface area is 136 Å². The Morgan fingerprint density at radius 1 is 1.22 bits per heavy atom. The van der Waals surface area contributed by atoms with Crippen LogP contribution in [0.2, 0.25) is 0 Å². The molecule has 0 radical (unpaired) electrons. The molecule has 0 aromatic heterocycles. The Hall–Kier alpha value is -2.17. The van der Waals surface area contributed by atoms with Gasteiger partial charge in [-0.3, -0.25) is 19.3 Å². The molecule has 0 spiro atoms. The smallest absolute Gasteiger partial charge is 0.261 e. The molecular weight excluding hydrogens is 292 g/mol. The first-order valence-electron chi connectivity index (χ1n) is 8.28. The van der Waals surface area contributed by atoms with Gasteiger partial charge in [-0.15, -0.1) is 0 Å². The topological polar surface area (TPSA) is 66.5 Å². The standard InChI is InChI=1S/C18H22N2O3/c1-12-6-2-5-9-15(12)19-16(21)11-20-17(22)10-13-7-3-4-8-14(13)18(20)23/h3-4,7-8,12,15H,2,5-6,9-11H2,1H3,(H,19,21)/t12-,15+/m0/s1. The van der Waals surface area contributed by atoms with E-state index in [1.54, 1.807) is 18.2 Å². The molecule has 0 unspecified atom stereocenters. The van der Waals surface area contributed by atoms with Crippen LogP contribution in [-0.4, -0.2) is 35.2 Å². The Morgan fingerprint density at radius 2 is 1.96 bits per heavy atom. The van der Waals surface area contributed by atoms with Crippen molar-refractivity contribution in [3.8, 4) is 0 Å². The van der Waals surface area contributed by atoms with Gasteiger partial charge in [0.25, 0.3) is 5.91 Å². The molecule has 3 amide bonds. The van der Waals surface area contributed by atoms with Crippen molar-refractivity contribution in [3.63, 3.8) is 0 Å². The summed E-state index contributed by atoms with van der Waals surface area (Å²) in [6, 6.07) is 7.23. The molecule has 1 saturated carbocycles. The molecule has 1 aliphatic heterocycles. The number of rotatable bonds is 3. The summed E-state index contributed by atoms with van der Waals surface area (Å²) >= 11 is 0. The zero-order valence-corrected chi connectivity index (χ0v) is 13.4. The van der Waals surface area contributed by atoms with Crippen LogP contribution in [0.4, 0.5) is 0 Å². The van der Waals surface area contributed by atoms with Crippen LogP contribution in [0.3, 0.4) is 0 Å². The molecule has 0 bridgehead atoms. The molecule has 2 aliphatic rings. The zero-order valence-electron chi connectivity index (χ0n) is 13.4. The van der Waals surface area contributed by atoms with E-state index in [1.165, 1.54) is 6.42 Å². The summed E-state index contributed by atoms with van der Waals surface area (Å²) in [6.45, 7) is 1.95. The number of amides is 3. The van der Waals surface area contributed by atoms with Crippen molar-refractivity contribution in [2.45, 2.75) is 45.1 Å². The quantitative estimate of drug-likeness (QED) is 0.867. The third kappa shape index (κ3) is 3.28. The first-order chi connectivity index (χ1) is 11.1. The summed E-state index contributed by atoms with van der Waals surface area (Å²) < 4.78 is 0. The highest BCUT2D eigenvalue weighted by Crippen LogP contribution is 2.24. The molecule has 1 heterocycles. The van der Waals surface area contributed by atoms with Crippen LogP contribution < -0.4 is 5.32 Å². The van der Waals surface area contributed by atoms with Gasteiger partial charge in [-0.2, -0.15) is 0 Å². The summed E-state index contributed by atoms with van der Waals surface area (Å²) in [5.41, 5.74) is 1.26. The minimum absolute atomic E-state index is 0.151. The van der Waals surface area contributed by atoms with Crippen molar-refractivity contribution in [2.24, 2.45) is 5.92 Å². The minimum atomic E-state index is -0.372. The second-order valence-electron chi connectivity index (χ2n) is 6.55. The molecular formula is C18H22N2O3. The Kier molecular flexibility index (Phi) is 4.46. The first kappa shape index (κ1) is 15.7. The third-order valence-electron chi connectivity index (χ3n) is 4.90. The molecule has 1 aromatic rings. The van der Waals surface area contributed by atoms with E-state index >= 15 is 0 Å². The Bertz CT molecular complexity index is 641. The molecule has 5 nitrogen and oxygen atoms in total. The highest BCUT2D eigenvalue weighted by Gasteiger charge is 2.32. The number of carbonyl (C=O) groups excluding carboxylic acids is 3. The molecule has 1 N–H and O–H groups in total. The van der Waals surface area contributed by atoms with E-state index in [1.807, 2.05) is 6.07 Å². The van der Waals surface area contributed by atoms with Crippen molar-refractivity contribution in [2.75, 3.05) is 6.54 Å². The van der Waals surface area contributed by atoms with Crippen LogP contribution in [0.15, 0.2) is 24.3 Å². The monoisotopic (exact) mass is 314 g/mol. The van der Waals surface area contributed by atoms with Gasteiger partial charge in [-0.05, 0) is 30.4 Å². The minimum Gasteiger partial charge on any atom is -0.352 e. The largest absolute Gasteiger partial charge is 0.352 e. The van der Waals surface area contributed by atoms with Crippen molar-refractivity contribution in [3.05, 3.63) is 35.4 Å². The number of hydrogen-bond donors (Lipinski definition) is 1. The van der Waals surface area contributed by atoms with Crippen LogP contribution in [0.1, 0.15) is 48.5 Å². The summed E-state index contributed by atoms with van der Waals surface area (Å²) in [5.74, 6) is -0.477. The number of imide groups is 1. The summed E-state index contributed by atoms with van der Waals surface area (Å²) in [6.07, 6.45) is 4.57. The average Bonchev–Trinajstić information content (AvgIpc) is 2.54. The lowest BCUT2D eigenvalue weighted by Gasteiger charge is -2.31. The van der Waals surface area contributed by atoms with E-state index in [-0.39, 0.29) is 36.7 Å². The molecule has 0 saturated heterocycles. The molecule has 1 aliphatic carbocycles. The maximum Gasteiger partial charge on any atom is 0.261 e. The average molecular weight is 314 g/mol. The van der Waals surface area contributed by atoms with Crippen molar-refractivity contribution in [1.82, 2.24) is 10.2 Å². The SMILES string of the molecule is C[C@H]1CCCC[C@H]1NC(=O)CN1C(=O)Cc2ccccc2C1=O. The fourth-order valence-corrected chi connectivity index (χ4v) is 3.49. The summed E-state index contributed by atoms with van der Waals surface area (Å²) in [7, 11) is 0. The van der Waals surface area contributed by atoms with E-state index in [2.05, 4.69) is 12.2 Å². The van der Waals surface area contributed by atoms with E-state index in [0.717, 1.165) is 29.7 Å². The van der Waals surface area contributed by atoms with E-state index in [4.69, 9.17) is 0 Å². The van der Waals surface area contributed by atoms with Gasteiger partial charge in [0.15, 0.2) is 0 Å². The molecule has 3 rings (SSSR count). The highest BCUT2D eigenvalue weighted by molar-refractivity contribution is 6.11. The third-order valence-corrected chi connectivity index (χ3v) is 4.90. The number of nitrogens with zero attached hydrogens (tertiary/aromatic N) is 1. The van der Waals surface area contributed by atoms with Gasteiger partial charge in [0.05, 0.1) is 6.42 Å². The number of hydrogen-bond acceptors (Lipinski definition) is 3. The first-order valence-corrected chi connectivity index (χ1v) is 8.28. The number of fused-ring (bicyclic) bond motifs is 1. The Balaban J connectivity index is 1.66. The predicted molar refractivity (Wildman–Crippen MR) is 85.8 cm³/mol. The Morgan fingerprint density at radius 3 is 2.74 bits per heavy atom. The summed E-state index contributed by atoms with van der Waals surface area (Å²) in [5, 5.41) is 3.00. The predicted octanol–water partition coefficient (Wildman–Crippen LogP) is 1.91. The molecule has 5 heteroatoms. The van der Waals surface area contributed by atoms with Crippen molar-refractivity contribution in [1.29, 1.82) is 0 Å². The molecule has 2 atom stereocenters. The maximum atomic E-state index is 12.4. The van der Waals surface area contributed by atoms with Gasteiger partial charge >= 0.3 is 0 Å². The van der Waals surface area contributed by atoms with Gasteiger partial charge in [0.1, 0.15) is 6.54 Å². The van der Waals surface area contributed by atoms with Crippen LogP contribution in [0.25, 0.3) is 0 Å². The lowest BCUT2D eigenvalue weighted by Crippen LogP contribution is -2.50. The normalized spacial score (nSPS) is 24.3. The van der Waals surface area contributed by atoms with Gasteiger partial charge < -0.3 is 5.32 Å². The number of nitrogens with one attached hydrogen (secondary N) is 1. The van der Waals surface area contributed by atoms with Crippen LogP contribution in [-0.2, 0) is 16.0 Å². The van der Waals surface area contributed by atoms with Crippen LogP contribution >= 0.6 is 0 Å². The van der Waals surface area contributed by atoms with E-state index in [9.17, 15) is 14.4 Å². The zero-order chi connectivity index (χ0) is 16.4. The number of benzene rings is 1. The van der Waals surface area contributed by atoms with Gasteiger partial charge in [0.2, 0.25) is 11.8 Å². The van der Waals surface area contributed by atoms with Crippen LogP contribution in [0.5, 0.6) is 0 Å². The molecule has 23 heavy (non-hydrogen) atoms. The van der Waals surface area contributed by atoms with Gasteiger partial charge in [-0.25, -0.2) is 0 Å². The van der Waals surface area contributed by atoms with E-state index < -0.39 is 0 Å². The molecule has 1 fully saturated rings. The molecule has 122 valence electrons. The summed E-state index contributed by atoms with van der Waals surface area (Å²) in [4.78, 5) is 38.0. The second kappa shape index (κ2) is 6.52. The van der Waals surface area contributed by atoms with Crippen LogP contribution in [0, 0.1) is 5.92 Å². The lowest BCUT2D eigenvalue weighted by molar-refractivity contribution is -0.133. The van der Waals surface area contributed by atoms with Crippen molar-refractivity contribution < 1.29 is 14.4 Å². The van der Waals surface area contributed by atoms with E-state index in [0.29, 0.717) is 11.5 Å². The van der Waals surface area contributed by atoms with Crippen molar-refractivity contribution >= 4 is 17.7 Å².